The van der Waals surface area contributed by atoms with Crippen molar-refractivity contribution >= 4 is 11.8 Å². The van der Waals surface area contributed by atoms with Gasteiger partial charge < -0.3 is 20.5 Å². The molecule has 0 aromatic rings. The van der Waals surface area contributed by atoms with Crippen LogP contribution in [0.1, 0.15) is 38.5 Å². The first-order valence-corrected chi connectivity index (χ1v) is 10.7. The monoisotopic (exact) mass is 393 g/mol. The molecule has 4 saturated heterocycles. The van der Waals surface area contributed by atoms with Gasteiger partial charge in [-0.1, -0.05) is 0 Å². The Kier molecular flexibility index (Phi) is 5.92. The summed E-state index contributed by atoms with van der Waals surface area (Å²) in [6.07, 6.45) is 6.59. The van der Waals surface area contributed by atoms with E-state index in [2.05, 4.69) is 16.2 Å². The van der Waals surface area contributed by atoms with Crippen LogP contribution in [0.3, 0.4) is 0 Å². The van der Waals surface area contributed by atoms with Crippen molar-refractivity contribution in [3.8, 4) is 0 Å². The molecule has 3 N–H and O–H groups in total. The van der Waals surface area contributed by atoms with E-state index in [1.54, 1.807) is 0 Å². The number of piperazine rings is 1. The Morgan fingerprint density at radius 1 is 1.21 bits per heavy atom. The van der Waals surface area contributed by atoms with E-state index in [4.69, 9.17) is 10.5 Å². The molecular formula is C20H33N4O4. The van der Waals surface area contributed by atoms with E-state index in [-0.39, 0.29) is 17.9 Å². The maximum atomic E-state index is 12.4. The molecule has 157 valence electrons. The van der Waals surface area contributed by atoms with Crippen LogP contribution < -0.4 is 5.73 Å². The number of carbonyl (C=O) groups is 2. The lowest BCUT2D eigenvalue weighted by molar-refractivity contribution is -0.142. The number of fused-ring (bicyclic) bond motifs is 2. The maximum absolute atomic E-state index is 12.4. The second-order valence-corrected chi connectivity index (χ2v) is 8.75. The fraction of sp³-hybridized carbons (Fsp3) is 0.850. The smallest absolute Gasteiger partial charge is 0.251 e. The zero-order chi connectivity index (χ0) is 19.7. The number of ether oxygens (including phenoxy) is 1. The highest BCUT2D eigenvalue weighted by molar-refractivity contribution is 5.85. The molecule has 0 spiro atoms. The van der Waals surface area contributed by atoms with Crippen LogP contribution in [0, 0.1) is 6.42 Å². The molecule has 4 rings (SSSR count). The van der Waals surface area contributed by atoms with Gasteiger partial charge in [0.1, 0.15) is 11.6 Å². The van der Waals surface area contributed by atoms with Gasteiger partial charge in [-0.3, -0.25) is 19.4 Å². The van der Waals surface area contributed by atoms with Crippen molar-refractivity contribution in [2.45, 2.75) is 62.3 Å². The SMILES string of the molecule is NC(=O)[C@]12C[CH]C[C@H](CC1)N2CC(O)CN1CCN(C(=O)C2CCCO2)CC1. The topological polar surface area (TPSA) is 99.3 Å². The molecule has 0 aromatic heterocycles. The van der Waals surface area contributed by atoms with Crippen LogP contribution in [0.5, 0.6) is 0 Å². The van der Waals surface area contributed by atoms with Crippen LogP contribution in [0.4, 0.5) is 0 Å². The Morgan fingerprint density at radius 3 is 2.68 bits per heavy atom. The average Bonchev–Trinajstić information content (AvgIpc) is 3.27. The average molecular weight is 394 g/mol. The van der Waals surface area contributed by atoms with E-state index in [0.717, 1.165) is 45.2 Å². The molecule has 4 heterocycles. The summed E-state index contributed by atoms with van der Waals surface area (Å²) in [6.45, 7) is 4.60. The Bertz CT molecular complexity index is 585. The molecule has 0 saturated carbocycles. The second kappa shape index (κ2) is 8.26. The molecule has 28 heavy (non-hydrogen) atoms. The molecule has 4 aliphatic heterocycles. The number of nitrogens with two attached hydrogens (primary N) is 1. The van der Waals surface area contributed by atoms with Crippen molar-refractivity contribution < 1.29 is 19.4 Å². The number of rotatable bonds is 6. The quantitative estimate of drug-likeness (QED) is 0.623. The predicted molar refractivity (Wildman–Crippen MR) is 103 cm³/mol. The number of hydrogen-bond acceptors (Lipinski definition) is 6. The predicted octanol–water partition coefficient (Wildman–Crippen LogP) is -0.643. The van der Waals surface area contributed by atoms with Crippen molar-refractivity contribution in [1.29, 1.82) is 0 Å². The van der Waals surface area contributed by atoms with Gasteiger partial charge in [0, 0.05) is 51.9 Å². The van der Waals surface area contributed by atoms with Gasteiger partial charge in [-0.15, -0.1) is 0 Å². The Labute approximate surface area is 167 Å². The molecule has 2 amide bonds. The van der Waals surface area contributed by atoms with Crippen LogP contribution in [-0.2, 0) is 14.3 Å². The van der Waals surface area contributed by atoms with Crippen molar-refractivity contribution in [2.75, 3.05) is 45.9 Å². The van der Waals surface area contributed by atoms with Crippen LogP contribution in [-0.4, -0.2) is 101 Å². The highest BCUT2D eigenvalue weighted by Gasteiger charge is 2.53. The number of aliphatic hydroxyl groups excluding tert-OH is 1. The van der Waals surface area contributed by atoms with Gasteiger partial charge in [-0.25, -0.2) is 0 Å². The van der Waals surface area contributed by atoms with E-state index < -0.39 is 11.6 Å². The lowest BCUT2D eigenvalue weighted by Gasteiger charge is -2.44. The number of amides is 2. The van der Waals surface area contributed by atoms with Gasteiger partial charge >= 0.3 is 0 Å². The first-order valence-electron chi connectivity index (χ1n) is 10.7. The number of carbonyl (C=O) groups excluding carboxylic acids is 2. The number of nitrogens with zero attached hydrogens (tertiary/aromatic N) is 3. The first-order chi connectivity index (χ1) is 13.5. The molecule has 0 aromatic carbocycles. The summed E-state index contributed by atoms with van der Waals surface area (Å²) in [6, 6.07) is 0.316. The van der Waals surface area contributed by atoms with Crippen LogP contribution >= 0.6 is 0 Å². The first kappa shape index (κ1) is 20.1. The molecule has 4 fully saturated rings. The van der Waals surface area contributed by atoms with E-state index in [1.165, 1.54) is 0 Å². The van der Waals surface area contributed by atoms with Gasteiger partial charge in [0.05, 0.1) is 6.10 Å². The molecular weight excluding hydrogens is 360 g/mol. The number of aliphatic hydroxyl groups is 1. The summed E-state index contributed by atoms with van der Waals surface area (Å²) < 4.78 is 5.51. The molecule has 4 atom stereocenters. The molecule has 2 bridgehead atoms. The highest BCUT2D eigenvalue weighted by Crippen LogP contribution is 2.43. The minimum Gasteiger partial charge on any atom is -0.390 e. The van der Waals surface area contributed by atoms with Gasteiger partial charge in [0.15, 0.2) is 0 Å². The van der Waals surface area contributed by atoms with Crippen molar-refractivity contribution in [2.24, 2.45) is 5.73 Å². The Morgan fingerprint density at radius 2 is 2.00 bits per heavy atom. The van der Waals surface area contributed by atoms with E-state index >= 15 is 0 Å². The molecule has 2 unspecified atom stereocenters. The summed E-state index contributed by atoms with van der Waals surface area (Å²) in [4.78, 5) is 30.9. The summed E-state index contributed by atoms with van der Waals surface area (Å²) in [7, 11) is 0. The summed E-state index contributed by atoms with van der Waals surface area (Å²) >= 11 is 0. The van der Waals surface area contributed by atoms with Crippen molar-refractivity contribution in [1.82, 2.24) is 14.7 Å². The normalized spacial score (nSPS) is 35.2. The van der Waals surface area contributed by atoms with Crippen molar-refractivity contribution in [3.05, 3.63) is 6.42 Å². The molecule has 8 heteroatoms. The number of β-amino-alcohol motifs (C(OH)–C–C–N with tert-alkyl or cyclic N) is 1. The van der Waals surface area contributed by atoms with Crippen LogP contribution in [0.15, 0.2) is 0 Å². The maximum Gasteiger partial charge on any atom is 0.251 e. The fourth-order valence-electron chi connectivity index (χ4n) is 5.43. The Hall–Kier alpha value is -1.22. The van der Waals surface area contributed by atoms with E-state index in [0.29, 0.717) is 45.2 Å². The van der Waals surface area contributed by atoms with Gasteiger partial charge in [-0.2, -0.15) is 0 Å². The van der Waals surface area contributed by atoms with Crippen molar-refractivity contribution in [3.63, 3.8) is 0 Å². The summed E-state index contributed by atoms with van der Waals surface area (Å²) in [5, 5.41) is 10.7. The zero-order valence-electron chi connectivity index (χ0n) is 16.6. The summed E-state index contributed by atoms with van der Waals surface area (Å²) in [5.41, 5.74) is 5.14. The minimum atomic E-state index is -0.601. The third kappa shape index (κ3) is 3.79. The molecule has 1 radical (unpaired) electrons. The van der Waals surface area contributed by atoms with Crippen LogP contribution in [0.25, 0.3) is 0 Å². The minimum absolute atomic E-state index is 0.113. The Balaban J connectivity index is 1.26. The standard InChI is InChI=1S/C20H33N4O4/c21-19(27)20-6-1-3-15(5-7-20)24(20)14-16(25)13-22-8-10-23(11-9-22)18(26)17-4-2-12-28-17/h1,15-17,25H,2-14H2,(H2,21,27)/t15-,16?,17?,20+/m1/s1. The largest absolute Gasteiger partial charge is 0.390 e. The molecule has 4 aliphatic rings. The van der Waals surface area contributed by atoms with Crippen LogP contribution in [0.2, 0.25) is 0 Å². The second-order valence-electron chi connectivity index (χ2n) is 8.75. The fourth-order valence-corrected chi connectivity index (χ4v) is 5.43. The van der Waals surface area contributed by atoms with E-state index in [1.807, 2.05) is 4.90 Å². The van der Waals surface area contributed by atoms with E-state index in [9.17, 15) is 14.7 Å². The third-order valence-corrected chi connectivity index (χ3v) is 7.03. The zero-order valence-corrected chi connectivity index (χ0v) is 16.6. The number of hydrogen-bond donors (Lipinski definition) is 2. The van der Waals surface area contributed by atoms with Gasteiger partial charge in [0.2, 0.25) is 5.91 Å². The molecule has 0 aliphatic carbocycles. The summed E-state index contributed by atoms with van der Waals surface area (Å²) in [5.74, 6) is -0.151. The van der Waals surface area contributed by atoms with Gasteiger partial charge in [0.25, 0.3) is 5.91 Å². The number of piperidine rings is 1. The lowest BCUT2D eigenvalue weighted by atomic mass is 9.87. The molecule has 8 nitrogen and oxygen atoms in total. The number of primary amides is 1. The third-order valence-electron chi connectivity index (χ3n) is 7.03. The van der Waals surface area contributed by atoms with Gasteiger partial charge in [-0.05, 0) is 44.9 Å². The highest BCUT2D eigenvalue weighted by atomic mass is 16.5. The lowest BCUT2D eigenvalue weighted by Crippen LogP contribution is -2.60.